The van der Waals surface area contributed by atoms with E-state index in [1.54, 1.807) is 6.33 Å². The molecular weight excluding hydrogens is 238 g/mol. The average molecular weight is 265 g/mol. The van der Waals surface area contributed by atoms with E-state index < -0.39 is 0 Å². The van der Waals surface area contributed by atoms with E-state index in [4.69, 9.17) is 0 Å². The average Bonchev–Trinajstić information content (AvgIpc) is 2.87. The topological polar surface area (TPSA) is 46.0 Å². The van der Waals surface area contributed by atoms with Crippen molar-refractivity contribution in [3.05, 3.63) is 12.2 Å². The van der Waals surface area contributed by atoms with E-state index in [9.17, 15) is 0 Å². The summed E-state index contributed by atoms with van der Waals surface area (Å²) < 4.78 is 1.95. The fraction of sp³-hybridized carbons (Fsp3) is 0.857. The maximum atomic E-state index is 4.31. The molecule has 0 bridgehead atoms. The second-order valence-corrected chi connectivity index (χ2v) is 5.78. The number of hydrogen-bond acceptors (Lipinski definition) is 4. The molecule has 0 saturated heterocycles. The molecule has 1 N–H and O–H groups in total. The first-order valence-corrected chi connectivity index (χ1v) is 7.43. The Hall–Kier alpha value is -0.940. The number of aromatic nitrogens is 3. The zero-order chi connectivity index (χ0) is 13.7. The molecule has 1 saturated carbocycles. The van der Waals surface area contributed by atoms with Crippen molar-refractivity contribution in [2.24, 2.45) is 0 Å². The van der Waals surface area contributed by atoms with Gasteiger partial charge in [0.1, 0.15) is 12.2 Å². The molecule has 1 aromatic heterocycles. The quantitative estimate of drug-likeness (QED) is 0.849. The molecule has 0 aromatic carbocycles. The normalized spacial score (nSPS) is 18.9. The van der Waals surface area contributed by atoms with E-state index >= 15 is 0 Å². The van der Waals surface area contributed by atoms with Crippen LogP contribution in [0.25, 0.3) is 0 Å². The first-order chi connectivity index (χ1) is 9.18. The molecule has 5 heteroatoms. The van der Waals surface area contributed by atoms with E-state index in [1.165, 1.54) is 32.1 Å². The maximum absolute atomic E-state index is 4.31. The smallest absolute Gasteiger partial charge is 0.140 e. The standard InChI is InChI=1S/C14H27N5/c1-4-19-13(16-12-17-19)10-15-11-14(18(2)3)8-6-5-7-9-14/h12,15H,4-11H2,1-3H3. The number of aryl methyl sites for hydroxylation is 1. The van der Waals surface area contributed by atoms with Gasteiger partial charge in [0.2, 0.25) is 0 Å². The zero-order valence-electron chi connectivity index (χ0n) is 12.5. The van der Waals surface area contributed by atoms with Gasteiger partial charge in [-0.15, -0.1) is 0 Å². The molecular formula is C14H27N5. The van der Waals surface area contributed by atoms with Gasteiger partial charge in [0.15, 0.2) is 0 Å². The van der Waals surface area contributed by atoms with Crippen LogP contribution in [0.1, 0.15) is 44.9 Å². The predicted octanol–water partition coefficient (Wildman–Crippen LogP) is 1.65. The summed E-state index contributed by atoms with van der Waals surface area (Å²) in [7, 11) is 4.42. The fourth-order valence-corrected chi connectivity index (χ4v) is 3.09. The van der Waals surface area contributed by atoms with Gasteiger partial charge in [0.25, 0.3) is 0 Å². The molecule has 1 heterocycles. The lowest BCUT2D eigenvalue weighted by molar-refractivity contribution is 0.0980. The van der Waals surface area contributed by atoms with E-state index in [0.29, 0.717) is 5.54 Å². The molecule has 1 fully saturated rings. The number of likely N-dealkylation sites (N-methyl/N-ethyl adjacent to an activating group) is 1. The van der Waals surface area contributed by atoms with Gasteiger partial charge in [0, 0.05) is 18.6 Å². The largest absolute Gasteiger partial charge is 0.308 e. The van der Waals surface area contributed by atoms with Gasteiger partial charge in [-0.05, 0) is 33.9 Å². The van der Waals surface area contributed by atoms with Gasteiger partial charge in [-0.2, -0.15) is 5.10 Å². The maximum Gasteiger partial charge on any atom is 0.140 e. The Labute approximate surface area is 116 Å². The molecule has 0 atom stereocenters. The second kappa shape index (κ2) is 6.48. The lowest BCUT2D eigenvalue weighted by Crippen LogP contribution is -2.52. The third-order valence-corrected chi connectivity index (χ3v) is 4.47. The van der Waals surface area contributed by atoms with E-state index in [1.807, 2.05) is 4.68 Å². The van der Waals surface area contributed by atoms with Crippen LogP contribution in [0.5, 0.6) is 0 Å². The summed E-state index contributed by atoms with van der Waals surface area (Å²) >= 11 is 0. The van der Waals surface area contributed by atoms with Gasteiger partial charge in [0.05, 0.1) is 6.54 Å². The lowest BCUT2D eigenvalue weighted by atomic mass is 9.80. The van der Waals surface area contributed by atoms with Crippen LogP contribution in [-0.2, 0) is 13.1 Å². The number of nitrogens with zero attached hydrogens (tertiary/aromatic N) is 4. The van der Waals surface area contributed by atoms with E-state index in [0.717, 1.165) is 25.5 Å². The van der Waals surface area contributed by atoms with E-state index in [2.05, 4.69) is 41.3 Å². The molecule has 1 aliphatic rings. The van der Waals surface area contributed by atoms with Gasteiger partial charge >= 0.3 is 0 Å². The van der Waals surface area contributed by atoms with Crippen molar-refractivity contribution in [2.45, 2.75) is 57.7 Å². The zero-order valence-corrected chi connectivity index (χ0v) is 12.5. The van der Waals surface area contributed by atoms with Gasteiger partial charge in [-0.1, -0.05) is 19.3 Å². The highest BCUT2D eigenvalue weighted by Gasteiger charge is 2.33. The first kappa shape index (κ1) is 14.5. The molecule has 108 valence electrons. The minimum atomic E-state index is 0.329. The lowest BCUT2D eigenvalue weighted by Gasteiger charge is -2.43. The molecule has 1 aliphatic carbocycles. The Morgan fingerprint density at radius 2 is 2.05 bits per heavy atom. The molecule has 2 rings (SSSR count). The summed E-state index contributed by atoms with van der Waals surface area (Å²) in [6.45, 7) is 4.83. The Balaban J connectivity index is 1.89. The van der Waals surface area contributed by atoms with Crippen molar-refractivity contribution < 1.29 is 0 Å². The molecule has 0 spiro atoms. The Morgan fingerprint density at radius 1 is 1.32 bits per heavy atom. The Morgan fingerprint density at radius 3 is 2.68 bits per heavy atom. The highest BCUT2D eigenvalue weighted by Crippen LogP contribution is 2.31. The van der Waals surface area contributed by atoms with Crippen molar-refractivity contribution in [3.8, 4) is 0 Å². The van der Waals surface area contributed by atoms with E-state index in [-0.39, 0.29) is 0 Å². The van der Waals surface area contributed by atoms with Crippen LogP contribution in [0.4, 0.5) is 0 Å². The second-order valence-electron chi connectivity index (χ2n) is 5.78. The van der Waals surface area contributed by atoms with Crippen LogP contribution in [0.3, 0.4) is 0 Å². The van der Waals surface area contributed by atoms with Crippen LogP contribution in [0.15, 0.2) is 6.33 Å². The van der Waals surface area contributed by atoms with Gasteiger partial charge < -0.3 is 10.2 Å². The van der Waals surface area contributed by atoms with Crippen molar-refractivity contribution >= 4 is 0 Å². The molecule has 1 aromatic rings. The fourth-order valence-electron chi connectivity index (χ4n) is 3.09. The summed E-state index contributed by atoms with van der Waals surface area (Å²) in [4.78, 5) is 6.72. The highest BCUT2D eigenvalue weighted by atomic mass is 15.3. The monoisotopic (exact) mass is 265 g/mol. The molecule has 0 amide bonds. The van der Waals surface area contributed by atoms with Gasteiger partial charge in [-0.25, -0.2) is 9.67 Å². The minimum Gasteiger partial charge on any atom is -0.308 e. The van der Waals surface area contributed by atoms with Crippen LogP contribution in [0.2, 0.25) is 0 Å². The summed E-state index contributed by atoms with van der Waals surface area (Å²) in [5.74, 6) is 1.03. The number of rotatable bonds is 6. The van der Waals surface area contributed by atoms with Crippen molar-refractivity contribution in [2.75, 3.05) is 20.6 Å². The molecule has 0 aliphatic heterocycles. The molecule has 0 radical (unpaired) electrons. The van der Waals surface area contributed by atoms with Gasteiger partial charge in [-0.3, -0.25) is 0 Å². The van der Waals surface area contributed by atoms with Crippen molar-refractivity contribution in [1.82, 2.24) is 25.0 Å². The first-order valence-electron chi connectivity index (χ1n) is 7.43. The Kier molecular flexibility index (Phi) is 4.93. The number of hydrogen-bond donors (Lipinski definition) is 1. The number of nitrogens with one attached hydrogen (secondary N) is 1. The molecule has 19 heavy (non-hydrogen) atoms. The van der Waals surface area contributed by atoms with Crippen LogP contribution >= 0.6 is 0 Å². The van der Waals surface area contributed by atoms with Crippen LogP contribution in [-0.4, -0.2) is 45.8 Å². The summed E-state index contributed by atoms with van der Waals surface area (Å²) in [6, 6.07) is 0. The van der Waals surface area contributed by atoms with Crippen molar-refractivity contribution in [1.29, 1.82) is 0 Å². The summed E-state index contributed by atoms with van der Waals surface area (Å²) in [5, 5.41) is 7.80. The minimum absolute atomic E-state index is 0.329. The molecule has 0 unspecified atom stereocenters. The van der Waals surface area contributed by atoms with Crippen LogP contribution < -0.4 is 5.32 Å². The third-order valence-electron chi connectivity index (χ3n) is 4.47. The predicted molar refractivity (Wildman–Crippen MR) is 76.9 cm³/mol. The van der Waals surface area contributed by atoms with Crippen molar-refractivity contribution in [3.63, 3.8) is 0 Å². The summed E-state index contributed by atoms with van der Waals surface area (Å²) in [6.07, 6.45) is 8.33. The summed E-state index contributed by atoms with van der Waals surface area (Å²) in [5.41, 5.74) is 0.329. The third kappa shape index (κ3) is 3.34. The highest BCUT2D eigenvalue weighted by molar-refractivity contribution is 4.94. The Bertz CT molecular complexity index is 379. The SMILES string of the molecule is CCn1ncnc1CNCC1(N(C)C)CCCCC1. The molecule has 5 nitrogen and oxygen atoms in total. The van der Waals surface area contributed by atoms with Crippen LogP contribution in [0, 0.1) is 0 Å².